The van der Waals surface area contributed by atoms with Crippen LogP contribution in [0.3, 0.4) is 0 Å². The fraction of sp³-hybridized carbons (Fsp3) is 0.444. The fourth-order valence-electron chi connectivity index (χ4n) is 4.78. The van der Waals surface area contributed by atoms with Crippen molar-refractivity contribution < 1.29 is 19.1 Å². The van der Waals surface area contributed by atoms with E-state index in [1.807, 2.05) is 24.3 Å². The monoisotopic (exact) mass is 463 g/mol. The Morgan fingerprint density at radius 3 is 2.50 bits per heavy atom. The molecule has 180 valence electrons. The maximum atomic E-state index is 12.9. The second-order valence-electron chi connectivity index (χ2n) is 9.08. The number of nitrogens with zero attached hydrogens (tertiary/aromatic N) is 3. The zero-order chi connectivity index (χ0) is 24.1. The van der Waals surface area contributed by atoms with Gasteiger partial charge < -0.3 is 19.4 Å². The number of hydrogen-bond donors (Lipinski definition) is 0. The summed E-state index contributed by atoms with van der Waals surface area (Å²) in [7, 11) is 1.64. The van der Waals surface area contributed by atoms with Crippen LogP contribution < -0.4 is 4.90 Å². The molecule has 2 aliphatic rings. The first kappa shape index (κ1) is 23.8. The van der Waals surface area contributed by atoms with E-state index in [2.05, 4.69) is 29.2 Å². The van der Waals surface area contributed by atoms with Crippen LogP contribution in [0.5, 0.6) is 0 Å². The molecular formula is C27H33N3O4. The molecule has 4 rings (SSSR count). The number of carbonyl (C=O) groups excluding carboxylic acids is 3. The maximum absolute atomic E-state index is 12.9. The number of esters is 1. The zero-order valence-electron chi connectivity index (χ0n) is 20.0. The van der Waals surface area contributed by atoms with Gasteiger partial charge in [-0.3, -0.25) is 14.4 Å². The summed E-state index contributed by atoms with van der Waals surface area (Å²) in [5, 5.41) is 0. The van der Waals surface area contributed by atoms with Gasteiger partial charge in [0.05, 0.1) is 19.1 Å². The van der Waals surface area contributed by atoms with E-state index in [9.17, 15) is 14.4 Å². The number of likely N-dealkylation sites (N-methyl/N-ethyl adjacent to an activating group) is 1. The lowest BCUT2D eigenvalue weighted by Gasteiger charge is -2.32. The quantitative estimate of drug-likeness (QED) is 0.616. The van der Waals surface area contributed by atoms with Crippen LogP contribution >= 0.6 is 0 Å². The molecule has 2 aliphatic heterocycles. The fourth-order valence-corrected chi connectivity index (χ4v) is 4.78. The van der Waals surface area contributed by atoms with Gasteiger partial charge >= 0.3 is 5.97 Å². The van der Waals surface area contributed by atoms with Gasteiger partial charge in [-0.05, 0) is 61.6 Å². The summed E-state index contributed by atoms with van der Waals surface area (Å²) in [6.07, 6.45) is 2.50. The Bertz CT molecular complexity index is 1040. The van der Waals surface area contributed by atoms with E-state index in [-0.39, 0.29) is 30.2 Å². The van der Waals surface area contributed by atoms with E-state index >= 15 is 0 Å². The largest absolute Gasteiger partial charge is 0.466 e. The Labute approximate surface area is 201 Å². The van der Waals surface area contributed by atoms with Crippen molar-refractivity contribution in [3.05, 3.63) is 65.2 Å². The molecule has 1 fully saturated rings. The molecule has 2 aromatic rings. The van der Waals surface area contributed by atoms with Crippen molar-refractivity contribution in [1.82, 2.24) is 9.80 Å². The molecule has 2 amide bonds. The molecule has 7 nitrogen and oxygen atoms in total. The van der Waals surface area contributed by atoms with E-state index in [0.717, 1.165) is 38.0 Å². The number of anilines is 1. The third kappa shape index (κ3) is 5.41. The van der Waals surface area contributed by atoms with Crippen LogP contribution in [0.1, 0.15) is 41.3 Å². The number of likely N-dealkylation sites (tertiary alicyclic amines) is 1. The molecule has 34 heavy (non-hydrogen) atoms. The van der Waals surface area contributed by atoms with Gasteiger partial charge in [-0.15, -0.1) is 0 Å². The van der Waals surface area contributed by atoms with Gasteiger partial charge in [0.2, 0.25) is 5.91 Å². The summed E-state index contributed by atoms with van der Waals surface area (Å²) in [5.74, 6) is -0.869. The highest BCUT2D eigenvalue weighted by Gasteiger charge is 2.30. The summed E-state index contributed by atoms with van der Waals surface area (Å²) in [4.78, 5) is 43.2. The Kier molecular flexibility index (Phi) is 7.50. The van der Waals surface area contributed by atoms with Crippen molar-refractivity contribution in [2.24, 2.45) is 5.92 Å². The lowest BCUT2D eigenvalue weighted by atomic mass is 9.98. The van der Waals surface area contributed by atoms with Crippen LogP contribution in [0.4, 0.5) is 5.69 Å². The van der Waals surface area contributed by atoms with Crippen molar-refractivity contribution in [2.45, 2.75) is 32.7 Å². The van der Waals surface area contributed by atoms with Crippen LogP contribution in [0.2, 0.25) is 0 Å². The molecule has 1 unspecified atom stereocenters. The van der Waals surface area contributed by atoms with Crippen molar-refractivity contribution in [3.63, 3.8) is 0 Å². The molecule has 0 saturated carbocycles. The van der Waals surface area contributed by atoms with Crippen molar-refractivity contribution in [1.29, 1.82) is 0 Å². The third-order valence-corrected chi connectivity index (χ3v) is 6.72. The minimum atomic E-state index is -0.284. The average molecular weight is 464 g/mol. The highest BCUT2D eigenvalue weighted by molar-refractivity contribution is 5.96. The number of carbonyl (C=O) groups is 3. The number of ether oxygens (including phenoxy) is 1. The highest BCUT2D eigenvalue weighted by atomic mass is 16.5. The summed E-state index contributed by atoms with van der Waals surface area (Å²) in [6, 6.07) is 16.1. The lowest BCUT2D eigenvalue weighted by molar-refractivity contribution is -0.151. The highest BCUT2D eigenvalue weighted by Crippen LogP contribution is 2.25. The Morgan fingerprint density at radius 1 is 1.03 bits per heavy atom. The van der Waals surface area contributed by atoms with Gasteiger partial charge in [0.15, 0.2) is 0 Å². The minimum absolute atomic E-state index is 0.0148. The van der Waals surface area contributed by atoms with E-state index in [1.54, 1.807) is 18.9 Å². The SMILES string of the molecule is CCOC(=O)C1CCCN(C(=O)CN(C)C(=O)c2ccc(N3CCc4ccccc4C3)cc2)C1. The van der Waals surface area contributed by atoms with Crippen LogP contribution in [0.25, 0.3) is 0 Å². The molecule has 0 aliphatic carbocycles. The first-order chi connectivity index (χ1) is 16.5. The van der Waals surface area contributed by atoms with Crippen LogP contribution in [0.15, 0.2) is 48.5 Å². The summed E-state index contributed by atoms with van der Waals surface area (Å²) < 4.78 is 5.11. The molecular weight excluding hydrogens is 430 g/mol. The van der Waals surface area contributed by atoms with Gasteiger partial charge in [0, 0.05) is 44.5 Å². The number of piperidine rings is 1. The van der Waals surface area contributed by atoms with E-state index in [0.29, 0.717) is 25.3 Å². The molecule has 1 saturated heterocycles. The first-order valence-electron chi connectivity index (χ1n) is 12.1. The predicted octanol–water partition coefficient (Wildman–Crippen LogP) is 3.12. The molecule has 0 bridgehead atoms. The van der Waals surface area contributed by atoms with Crippen LogP contribution in [0, 0.1) is 5.92 Å². The van der Waals surface area contributed by atoms with Gasteiger partial charge in [0.1, 0.15) is 0 Å². The molecule has 1 atom stereocenters. The molecule has 0 spiro atoms. The summed E-state index contributed by atoms with van der Waals surface area (Å²) in [5.41, 5.74) is 4.39. The third-order valence-electron chi connectivity index (χ3n) is 6.72. The van der Waals surface area contributed by atoms with Crippen molar-refractivity contribution >= 4 is 23.5 Å². The standard InChI is InChI=1S/C27H33N3O4/c1-3-34-27(33)23-9-6-15-30(18-23)25(31)19-28(2)26(32)21-10-12-24(13-11-21)29-16-14-20-7-4-5-8-22(20)17-29/h4-5,7-8,10-13,23H,3,6,9,14-19H2,1-2H3. The molecule has 0 aromatic heterocycles. The smallest absolute Gasteiger partial charge is 0.310 e. The molecule has 2 heterocycles. The normalized spacial score (nSPS) is 17.6. The van der Waals surface area contributed by atoms with Gasteiger partial charge in [0.25, 0.3) is 5.91 Å². The Morgan fingerprint density at radius 2 is 1.76 bits per heavy atom. The first-order valence-corrected chi connectivity index (χ1v) is 12.1. The maximum Gasteiger partial charge on any atom is 0.310 e. The molecule has 2 aromatic carbocycles. The molecule has 7 heteroatoms. The van der Waals surface area contributed by atoms with Gasteiger partial charge in [-0.25, -0.2) is 0 Å². The summed E-state index contributed by atoms with van der Waals surface area (Å²) in [6.45, 7) is 4.87. The lowest BCUT2D eigenvalue weighted by Crippen LogP contribution is -2.47. The Balaban J connectivity index is 1.33. The van der Waals surface area contributed by atoms with E-state index in [4.69, 9.17) is 4.74 Å². The van der Waals surface area contributed by atoms with Gasteiger partial charge in [-0.2, -0.15) is 0 Å². The van der Waals surface area contributed by atoms with Crippen LogP contribution in [-0.2, 0) is 27.3 Å². The molecule has 0 radical (unpaired) electrons. The van der Waals surface area contributed by atoms with Crippen LogP contribution in [-0.4, -0.2) is 67.4 Å². The second kappa shape index (κ2) is 10.7. The molecule has 0 N–H and O–H groups in total. The Hall–Kier alpha value is -3.35. The zero-order valence-corrected chi connectivity index (χ0v) is 20.0. The number of benzene rings is 2. The topological polar surface area (TPSA) is 70.2 Å². The van der Waals surface area contributed by atoms with E-state index in [1.165, 1.54) is 16.0 Å². The van der Waals surface area contributed by atoms with Crippen molar-refractivity contribution in [3.8, 4) is 0 Å². The predicted molar refractivity (Wildman–Crippen MR) is 131 cm³/mol. The summed E-state index contributed by atoms with van der Waals surface area (Å²) >= 11 is 0. The second-order valence-corrected chi connectivity index (χ2v) is 9.08. The average Bonchev–Trinajstić information content (AvgIpc) is 2.88. The minimum Gasteiger partial charge on any atom is -0.466 e. The number of amides is 2. The number of hydrogen-bond acceptors (Lipinski definition) is 5. The van der Waals surface area contributed by atoms with Crippen molar-refractivity contribution in [2.75, 3.05) is 44.7 Å². The van der Waals surface area contributed by atoms with Gasteiger partial charge in [-0.1, -0.05) is 24.3 Å². The number of rotatable bonds is 6. The number of fused-ring (bicyclic) bond motifs is 1. The van der Waals surface area contributed by atoms with E-state index < -0.39 is 0 Å².